The molecule has 4 atom stereocenters. The summed E-state index contributed by atoms with van der Waals surface area (Å²) >= 11 is 0. The van der Waals surface area contributed by atoms with Crippen molar-refractivity contribution >= 4 is 24.0 Å². The molecule has 0 saturated heterocycles. The molecule has 0 bridgehead atoms. The molecule has 0 fully saturated rings. The van der Waals surface area contributed by atoms with Gasteiger partial charge in [-0.3, -0.25) is 14.4 Å². The Labute approximate surface area is 173 Å². The number of ether oxygens (including phenoxy) is 1. The average molecular weight is 431 g/mol. The number of nitrogens with two attached hydrogens (primary N) is 2. The molecule has 1 rings (SSSR count). The van der Waals surface area contributed by atoms with Gasteiger partial charge in [-0.25, -0.2) is 4.79 Å². The summed E-state index contributed by atoms with van der Waals surface area (Å²) < 4.78 is 4.84. The Bertz CT molecular complexity index is 666. The molecule has 0 heterocycles. The second kappa shape index (κ2) is 15.7. The predicted octanol–water partition coefficient (Wildman–Crippen LogP) is -0.417. The SMILES string of the molecule is C[C@@H](O)[C@H](N)C(=O)O.C[C@H](N)C(=O)O.C[C@H](NC(=O)OCc1ccccc1)C(=O)O. The maximum Gasteiger partial charge on any atom is 0.408 e. The third kappa shape index (κ3) is 15.8. The van der Waals surface area contributed by atoms with E-state index in [0.29, 0.717) is 0 Å². The smallest absolute Gasteiger partial charge is 0.408 e. The summed E-state index contributed by atoms with van der Waals surface area (Å²) in [6, 6.07) is 6.30. The Morgan fingerprint density at radius 1 is 0.933 bits per heavy atom. The van der Waals surface area contributed by atoms with E-state index in [0.717, 1.165) is 5.56 Å². The molecule has 0 saturated carbocycles. The van der Waals surface area contributed by atoms with Gasteiger partial charge in [0.25, 0.3) is 0 Å². The van der Waals surface area contributed by atoms with Crippen LogP contribution in [-0.2, 0) is 25.7 Å². The minimum Gasteiger partial charge on any atom is -0.480 e. The number of hydrogen-bond acceptors (Lipinski definition) is 8. The molecule has 0 aliphatic rings. The Morgan fingerprint density at radius 2 is 1.40 bits per heavy atom. The van der Waals surface area contributed by atoms with Gasteiger partial charge in [-0.2, -0.15) is 0 Å². The number of carboxylic acid groups (broad SMARTS) is 3. The van der Waals surface area contributed by atoms with Crippen molar-refractivity contribution in [3.8, 4) is 0 Å². The first kappa shape index (κ1) is 29.0. The van der Waals surface area contributed by atoms with Crippen molar-refractivity contribution < 1.29 is 44.3 Å². The Balaban J connectivity index is 0. The standard InChI is InChI=1S/C11H13NO4.C4H9NO3.C3H7NO2/c1-8(10(13)14)12-11(15)16-7-9-5-3-2-4-6-9;1-2(6)3(5)4(7)8;1-2(4)3(5)6/h2-6,8H,7H2,1H3,(H,12,15)(H,13,14);2-3,6H,5H2,1H3,(H,7,8);2H,4H2,1H3,(H,5,6)/t8-;2-,3+;2-/m010/s1. The predicted molar refractivity (Wildman–Crippen MR) is 105 cm³/mol. The van der Waals surface area contributed by atoms with E-state index in [-0.39, 0.29) is 6.61 Å². The summed E-state index contributed by atoms with van der Waals surface area (Å²) in [4.78, 5) is 41.0. The van der Waals surface area contributed by atoms with E-state index in [4.69, 9.17) is 36.6 Å². The van der Waals surface area contributed by atoms with Crippen molar-refractivity contribution in [3.05, 3.63) is 35.9 Å². The highest BCUT2D eigenvalue weighted by Gasteiger charge is 2.16. The van der Waals surface area contributed by atoms with Crippen LogP contribution in [0.5, 0.6) is 0 Å². The number of rotatable bonds is 7. The third-order valence-corrected chi connectivity index (χ3v) is 3.11. The summed E-state index contributed by atoms with van der Waals surface area (Å²) in [5.74, 6) is -3.24. The monoisotopic (exact) mass is 431 g/mol. The van der Waals surface area contributed by atoms with E-state index < -0.39 is 48.2 Å². The zero-order valence-corrected chi connectivity index (χ0v) is 16.9. The van der Waals surface area contributed by atoms with Crippen molar-refractivity contribution in [2.45, 2.75) is 51.6 Å². The molecule has 0 unspecified atom stereocenters. The van der Waals surface area contributed by atoms with E-state index in [2.05, 4.69) is 5.32 Å². The molecule has 0 aromatic heterocycles. The number of benzene rings is 1. The molecular weight excluding hydrogens is 402 g/mol. The van der Waals surface area contributed by atoms with Crippen LogP contribution < -0.4 is 16.8 Å². The number of carboxylic acids is 3. The van der Waals surface area contributed by atoms with Gasteiger partial charge in [-0.15, -0.1) is 0 Å². The number of alkyl carbamates (subject to hydrolysis) is 1. The summed E-state index contributed by atoms with van der Waals surface area (Å²) in [7, 11) is 0. The van der Waals surface area contributed by atoms with Gasteiger partial charge in [0.15, 0.2) is 0 Å². The van der Waals surface area contributed by atoms with Crippen LogP contribution in [0.1, 0.15) is 26.3 Å². The van der Waals surface area contributed by atoms with Crippen molar-refractivity contribution in [3.63, 3.8) is 0 Å². The van der Waals surface area contributed by atoms with Crippen LogP contribution >= 0.6 is 0 Å². The molecule has 9 N–H and O–H groups in total. The van der Waals surface area contributed by atoms with Gasteiger partial charge >= 0.3 is 24.0 Å². The van der Waals surface area contributed by atoms with Gasteiger partial charge in [0.05, 0.1) is 6.10 Å². The van der Waals surface area contributed by atoms with Gasteiger partial charge in [0.1, 0.15) is 24.7 Å². The Hall–Kier alpha value is -3.22. The van der Waals surface area contributed by atoms with E-state index in [1.807, 2.05) is 30.3 Å². The minimum atomic E-state index is -1.18. The molecule has 0 aliphatic heterocycles. The van der Waals surface area contributed by atoms with Crippen molar-refractivity contribution in [1.82, 2.24) is 5.32 Å². The topological polar surface area (TPSA) is 222 Å². The molecule has 12 nitrogen and oxygen atoms in total. The largest absolute Gasteiger partial charge is 0.480 e. The van der Waals surface area contributed by atoms with E-state index in [9.17, 15) is 19.2 Å². The summed E-state index contributed by atoms with van der Waals surface area (Å²) in [6.45, 7) is 4.24. The van der Waals surface area contributed by atoms with Crippen molar-refractivity contribution in [1.29, 1.82) is 0 Å². The maximum absolute atomic E-state index is 11.1. The van der Waals surface area contributed by atoms with Crippen LogP contribution in [0.4, 0.5) is 4.79 Å². The molecule has 170 valence electrons. The van der Waals surface area contributed by atoms with Crippen LogP contribution in [0.2, 0.25) is 0 Å². The van der Waals surface area contributed by atoms with E-state index >= 15 is 0 Å². The quantitative estimate of drug-likeness (QED) is 0.293. The van der Waals surface area contributed by atoms with E-state index in [1.54, 1.807) is 0 Å². The first-order valence-electron chi connectivity index (χ1n) is 8.64. The van der Waals surface area contributed by atoms with E-state index in [1.165, 1.54) is 20.8 Å². The molecule has 0 spiro atoms. The first-order valence-corrected chi connectivity index (χ1v) is 8.64. The molecule has 12 heteroatoms. The zero-order valence-electron chi connectivity index (χ0n) is 16.9. The number of aliphatic hydroxyl groups is 1. The normalized spacial score (nSPS) is 13.5. The van der Waals surface area contributed by atoms with Gasteiger partial charge in [0, 0.05) is 0 Å². The molecular formula is C18H29N3O9. The zero-order chi connectivity index (χ0) is 23.9. The van der Waals surface area contributed by atoms with Crippen LogP contribution in [-0.4, -0.2) is 68.7 Å². The number of carbonyl (C=O) groups is 4. The maximum atomic E-state index is 11.1. The first-order chi connectivity index (χ1) is 13.8. The second-order valence-corrected chi connectivity index (χ2v) is 6.00. The average Bonchev–Trinajstić information content (AvgIpc) is 2.67. The Morgan fingerprint density at radius 3 is 1.70 bits per heavy atom. The molecule has 0 aliphatic carbocycles. The Kier molecular flexibility index (Phi) is 15.1. The summed E-state index contributed by atoms with van der Waals surface area (Å²) in [6.07, 6.45) is -1.72. The van der Waals surface area contributed by atoms with Crippen LogP contribution in [0.15, 0.2) is 30.3 Å². The molecule has 0 radical (unpaired) electrons. The lowest BCUT2D eigenvalue weighted by molar-refractivity contribution is -0.141. The number of carbonyl (C=O) groups excluding carboxylic acids is 1. The number of aliphatic carboxylic acids is 3. The van der Waals surface area contributed by atoms with Crippen LogP contribution in [0.25, 0.3) is 0 Å². The number of nitrogens with one attached hydrogen (secondary N) is 1. The highest BCUT2D eigenvalue weighted by Crippen LogP contribution is 2.00. The van der Waals surface area contributed by atoms with Gasteiger partial charge in [-0.1, -0.05) is 30.3 Å². The van der Waals surface area contributed by atoms with Crippen LogP contribution in [0.3, 0.4) is 0 Å². The number of amides is 1. The summed E-state index contributed by atoms with van der Waals surface area (Å²) in [5, 5.41) is 35.2. The number of aliphatic hydroxyl groups excluding tert-OH is 1. The molecule has 30 heavy (non-hydrogen) atoms. The second-order valence-electron chi connectivity index (χ2n) is 6.00. The van der Waals surface area contributed by atoms with Gasteiger partial charge < -0.3 is 41.9 Å². The molecule has 1 amide bonds. The molecule has 1 aromatic carbocycles. The van der Waals surface area contributed by atoms with Gasteiger partial charge in [0.2, 0.25) is 0 Å². The molecule has 1 aromatic rings. The fraction of sp³-hybridized carbons (Fsp3) is 0.444. The van der Waals surface area contributed by atoms with Crippen LogP contribution in [0, 0.1) is 0 Å². The highest BCUT2D eigenvalue weighted by atomic mass is 16.5. The number of hydrogen-bond donors (Lipinski definition) is 7. The fourth-order valence-corrected chi connectivity index (χ4v) is 1.21. The fourth-order valence-electron chi connectivity index (χ4n) is 1.21. The van der Waals surface area contributed by atoms with Crippen molar-refractivity contribution in [2.24, 2.45) is 11.5 Å². The summed E-state index contributed by atoms with van der Waals surface area (Å²) in [5.41, 5.74) is 10.6. The van der Waals surface area contributed by atoms with Gasteiger partial charge in [-0.05, 0) is 26.3 Å². The lowest BCUT2D eigenvalue weighted by Gasteiger charge is -2.09. The lowest BCUT2D eigenvalue weighted by Crippen LogP contribution is -2.39. The van der Waals surface area contributed by atoms with Crippen molar-refractivity contribution in [2.75, 3.05) is 0 Å². The highest BCUT2D eigenvalue weighted by molar-refractivity contribution is 5.79. The third-order valence-electron chi connectivity index (χ3n) is 3.11. The minimum absolute atomic E-state index is 0.124. The lowest BCUT2D eigenvalue weighted by atomic mass is 10.2.